The summed E-state index contributed by atoms with van der Waals surface area (Å²) in [6.07, 6.45) is 10.3. The SMILES string of the molecule is Cc1cccc2c1[C@]1(CC[C@H](C(C)C(=O)NC3(C)CCCCC3)CC1)OC2. The molecule has 1 unspecified atom stereocenters. The molecule has 3 aliphatic rings. The van der Waals surface area contributed by atoms with E-state index >= 15 is 0 Å². The highest BCUT2D eigenvalue weighted by molar-refractivity contribution is 5.79. The number of hydrogen-bond acceptors (Lipinski definition) is 2. The van der Waals surface area contributed by atoms with Crippen LogP contribution in [-0.2, 0) is 21.7 Å². The molecule has 148 valence electrons. The molecule has 1 heterocycles. The number of nitrogens with one attached hydrogen (secondary N) is 1. The molecule has 2 aliphatic carbocycles. The van der Waals surface area contributed by atoms with Crippen molar-refractivity contribution in [3.8, 4) is 0 Å². The Kier molecular flexibility index (Phi) is 5.09. The first-order valence-electron chi connectivity index (χ1n) is 11.0. The molecule has 1 aromatic carbocycles. The topological polar surface area (TPSA) is 38.3 Å². The molecule has 3 nitrogen and oxygen atoms in total. The van der Waals surface area contributed by atoms with Gasteiger partial charge >= 0.3 is 0 Å². The largest absolute Gasteiger partial charge is 0.366 e. The number of ether oxygens (including phenoxy) is 1. The molecule has 1 spiro atoms. The average molecular weight is 370 g/mol. The second-order valence-electron chi connectivity index (χ2n) is 9.63. The summed E-state index contributed by atoms with van der Waals surface area (Å²) in [6.45, 7) is 7.33. The van der Waals surface area contributed by atoms with Gasteiger partial charge in [0.25, 0.3) is 0 Å². The number of fused-ring (bicyclic) bond motifs is 2. The minimum atomic E-state index is -0.0945. The Bertz CT molecular complexity index is 696. The van der Waals surface area contributed by atoms with Gasteiger partial charge in [-0.1, -0.05) is 44.4 Å². The van der Waals surface area contributed by atoms with Crippen LogP contribution < -0.4 is 5.32 Å². The van der Waals surface area contributed by atoms with Gasteiger partial charge in [0.05, 0.1) is 12.2 Å². The standard InChI is InChI=1S/C24H35NO2/c1-17-8-7-9-20-16-27-24(21(17)20)14-10-19(11-15-24)18(2)22(26)25-23(3)12-5-4-6-13-23/h7-9,18-19H,4-6,10-16H2,1-3H3,(H,25,26)/t18?,19-,24+. The summed E-state index contributed by atoms with van der Waals surface area (Å²) in [6, 6.07) is 6.56. The Labute approximate surface area is 164 Å². The Morgan fingerprint density at radius 3 is 2.56 bits per heavy atom. The number of carbonyl (C=O) groups is 1. The van der Waals surface area contributed by atoms with E-state index < -0.39 is 0 Å². The van der Waals surface area contributed by atoms with Gasteiger partial charge in [-0.3, -0.25) is 4.79 Å². The summed E-state index contributed by atoms with van der Waals surface area (Å²) in [5, 5.41) is 3.41. The molecule has 0 aromatic heterocycles. The lowest BCUT2D eigenvalue weighted by Gasteiger charge is -2.41. The van der Waals surface area contributed by atoms with E-state index in [0.29, 0.717) is 5.92 Å². The molecule has 0 bridgehead atoms. The van der Waals surface area contributed by atoms with Crippen molar-refractivity contribution in [2.24, 2.45) is 11.8 Å². The maximum absolute atomic E-state index is 12.9. The molecule has 0 saturated heterocycles. The maximum atomic E-state index is 12.9. The number of benzene rings is 1. The van der Waals surface area contributed by atoms with Crippen molar-refractivity contribution in [2.75, 3.05) is 0 Å². The molecule has 1 aliphatic heterocycles. The van der Waals surface area contributed by atoms with Crippen molar-refractivity contribution in [2.45, 2.75) is 96.3 Å². The van der Waals surface area contributed by atoms with Gasteiger partial charge in [-0.15, -0.1) is 0 Å². The second-order valence-corrected chi connectivity index (χ2v) is 9.63. The molecule has 3 heteroatoms. The van der Waals surface area contributed by atoms with E-state index in [2.05, 4.69) is 44.3 Å². The van der Waals surface area contributed by atoms with E-state index in [4.69, 9.17) is 4.74 Å². The zero-order valence-electron chi connectivity index (χ0n) is 17.3. The van der Waals surface area contributed by atoms with Crippen LogP contribution in [0.1, 0.15) is 88.3 Å². The highest BCUT2D eigenvalue weighted by atomic mass is 16.5. The van der Waals surface area contributed by atoms with Crippen LogP contribution in [0.2, 0.25) is 0 Å². The van der Waals surface area contributed by atoms with Crippen molar-refractivity contribution >= 4 is 5.91 Å². The van der Waals surface area contributed by atoms with E-state index in [9.17, 15) is 4.79 Å². The normalized spacial score (nSPS) is 30.7. The molecule has 1 atom stereocenters. The Balaban J connectivity index is 1.39. The average Bonchev–Trinajstić information content (AvgIpc) is 3.01. The van der Waals surface area contributed by atoms with Crippen molar-refractivity contribution in [1.29, 1.82) is 0 Å². The second kappa shape index (κ2) is 7.24. The summed E-state index contributed by atoms with van der Waals surface area (Å²) in [4.78, 5) is 12.9. The summed E-state index contributed by atoms with van der Waals surface area (Å²) >= 11 is 0. The fourth-order valence-corrected chi connectivity index (χ4v) is 5.87. The molecular formula is C24H35NO2. The van der Waals surface area contributed by atoms with Gasteiger partial charge in [0.15, 0.2) is 0 Å². The van der Waals surface area contributed by atoms with Gasteiger partial charge in [0.1, 0.15) is 0 Å². The number of rotatable bonds is 3. The van der Waals surface area contributed by atoms with Crippen LogP contribution in [0.15, 0.2) is 18.2 Å². The van der Waals surface area contributed by atoms with E-state index in [1.54, 1.807) is 0 Å². The van der Waals surface area contributed by atoms with Crippen LogP contribution in [-0.4, -0.2) is 11.4 Å². The molecule has 1 N–H and O–H groups in total. The van der Waals surface area contributed by atoms with Crippen molar-refractivity contribution in [3.63, 3.8) is 0 Å². The first-order chi connectivity index (χ1) is 12.9. The van der Waals surface area contributed by atoms with E-state index in [-0.39, 0.29) is 23.0 Å². The summed E-state index contributed by atoms with van der Waals surface area (Å²) < 4.78 is 6.36. The van der Waals surface area contributed by atoms with Crippen molar-refractivity contribution in [3.05, 3.63) is 34.9 Å². The van der Waals surface area contributed by atoms with Gasteiger partial charge in [-0.25, -0.2) is 0 Å². The predicted octanol–water partition coefficient (Wildman–Crippen LogP) is 5.39. The van der Waals surface area contributed by atoms with Gasteiger partial charge < -0.3 is 10.1 Å². The van der Waals surface area contributed by atoms with Gasteiger partial charge in [0, 0.05) is 11.5 Å². The molecule has 1 aromatic rings. The Hall–Kier alpha value is -1.35. The summed E-state index contributed by atoms with van der Waals surface area (Å²) in [7, 11) is 0. The van der Waals surface area contributed by atoms with Gasteiger partial charge in [0.2, 0.25) is 5.91 Å². The number of carbonyl (C=O) groups excluding carboxylic acids is 1. The van der Waals surface area contributed by atoms with Gasteiger partial charge in [-0.2, -0.15) is 0 Å². The van der Waals surface area contributed by atoms with Crippen molar-refractivity contribution < 1.29 is 9.53 Å². The first-order valence-corrected chi connectivity index (χ1v) is 11.0. The minimum absolute atomic E-state index is 0.0180. The number of amides is 1. The van der Waals surface area contributed by atoms with Crippen molar-refractivity contribution in [1.82, 2.24) is 5.32 Å². The number of aryl methyl sites for hydroxylation is 1. The maximum Gasteiger partial charge on any atom is 0.223 e. The molecule has 2 saturated carbocycles. The zero-order valence-corrected chi connectivity index (χ0v) is 17.3. The lowest BCUT2D eigenvalue weighted by molar-refractivity contribution is -0.130. The minimum Gasteiger partial charge on any atom is -0.366 e. The van der Waals surface area contributed by atoms with Crippen LogP contribution in [0.25, 0.3) is 0 Å². The molecule has 1 amide bonds. The fraction of sp³-hybridized carbons (Fsp3) is 0.708. The van der Waals surface area contributed by atoms with Crippen LogP contribution in [0, 0.1) is 18.8 Å². The molecule has 27 heavy (non-hydrogen) atoms. The molecule has 4 rings (SSSR count). The lowest BCUT2D eigenvalue weighted by atomic mass is 9.70. The monoisotopic (exact) mass is 369 g/mol. The van der Waals surface area contributed by atoms with E-state index in [1.165, 1.54) is 36.0 Å². The third kappa shape index (κ3) is 3.55. The third-order valence-corrected chi connectivity index (χ3v) is 7.66. The summed E-state index contributed by atoms with van der Waals surface area (Å²) in [5.74, 6) is 0.836. The van der Waals surface area contributed by atoms with E-state index in [1.807, 2.05) is 0 Å². The third-order valence-electron chi connectivity index (χ3n) is 7.66. The molecule has 0 radical (unpaired) electrons. The number of hydrogen-bond donors (Lipinski definition) is 1. The highest BCUT2D eigenvalue weighted by Crippen LogP contribution is 2.50. The molecular weight excluding hydrogens is 334 g/mol. The first kappa shape index (κ1) is 19.0. The van der Waals surface area contributed by atoms with E-state index in [0.717, 1.165) is 45.1 Å². The highest BCUT2D eigenvalue weighted by Gasteiger charge is 2.45. The van der Waals surface area contributed by atoms with Crippen LogP contribution in [0.5, 0.6) is 0 Å². The van der Waals surface area contributed by atoms with Gasteiger partial charge in [-0.05, 0) is 75.0 Å². The van der Waals surface area contributed by atoms with Crippen LogP contribution >= 0.6 is 0 Å². The predicted molar refractivity (Wildman–Crippen MR) is 108 cm³/mol. The Morgan fingerprint density at radius 2 is 1.85 bits per heavy atom. The Morgan fingerprint density at radius 1 is 1.15 bits per heavy atom. The quantitative estimate of drug-likeness (QED) is 0.776. The smallest absolute Gasteiger partial charge is 0.223 e. The molecule has 2 fully saturated rings. The fourth-order valence-electron chi connectivity index (χ4n) is 5.87. The zero-order chi connectivity index (χ0) is 19.1. The lowest BCUT2D eigenvalue weighted by Crippen LogP contribution is -2.50. The van der Waals surface area contributed by atoms with Crippen LogP contribution in [0.4, 0.5) is 0 Å². The summed E-state index contributed by atoms with van der Waals surface area (Å²) in [5.41, 5.74) is 4.09. The van der Waals surface area contributed by atoms with Crippen LogP contribution in [0.3, 0.4) is 0 Å².